The summed E-state index contributed by atoms with van der Waals surface area (Å²) in [6.45, 7) is 1.54. The van der Waals surface area contributed by atoms with Crippen LogP contribution in [-0.4, -0.2) is 30.7 Å². The molecular formula is C17H13N5OS2. The summed E-state index contributed by atoms with van der Waals surface area (Å²) in [6, 6.07) is 11.2. The number of nitrogens with zero attached hydrogens (tertiary/aromatic N) is 3. The maximum Gasteiger partial charge on any atom is 0.200 e. The molecule has 1 aromatic carbocycles. The first-order valence-corrected chi connectivity index (χ1v) is 8.86. The van der Waals surface area contributed by atoms with E-state index in [9.17, 15) is 4.79 Å². The van der Waals surface area contributed by atoms with Crippen LogP contribution in [-0.2, 0) is 0 Å². The van der Waals surface area contributed by atoms with Crippen molar-refractivity contribution < 1.29 is 4.79 Å². The highest BCUT2D eigenvalue weighted by Gasteiger charge is 2.14. The van der Waals surface area contributed by atoms with Crippen molar-refractivity contribution in [3.8, 4) is 28.5 Å². The number of rotatable bonds is 4. The first-order chi connectivity index (χ1) is 12.1. The van der Waals surface area contributed by atoms with Crippen LogP contribution in [0.1, 0.15) is 17.3 Å². The van der Waals surface area contributed by atoms with Gasteiger partial charge in [0.05, 0.1) is 11.4 Å². The number of ketones is 1. The van der Waals surface area contributed by atoms with Crippen molar-refractivity contribution in [2.75, 3.05) is 0 Å². The van der Waals surface area contributed by atoms with Gasteiger partial charge in [-0.15, -0.1) is 0 Å². The van der Waals surface area contributed by atoms with Crippen LogP contribution in [0.3, 0.4) is 0 Å². The van der Waals surface area contributed by atoms with E-state index < -0.39 is 0 Å². The summed E-state index contributed by atoms with van der Waals surface area (Å²) in [4.78, 5) is 11.5. The minimum Gasteiger partial charge on any atom is -0.295 e. The maximum atomic E-state index is 11.5. The van der Waals surface area contributed by atoms with Crippen molar-refractivity contribution in [1.82, 2.24) is 25.0 Å². The zero-order valence-electron chi connectivity index (χ0n) is 13.2. The molecule has 25 heavy (non-hydrogen) atoms. The third kappa shape index (κ3) is 2.86. The Kier molecular flexibility index (Phi) is 3.90. The van der Waals surface area contributed by atoms with Gasteiger partial charge in [0.1, 0.15) is 5.69 Å². The monoisotopic (exact) mass is 367 g/mol. The zero-order valence-corrected chi connectivity index (χ0v) is 14.8. The van der Waals surface area contributed by atoms with Crippen molar-refractivity contribution in [3.05, 3.63) is 57.5 Å². The van der Waals surface area contributed by atoms with Gasteiger partial charge < -0.3 is 0 Å². The number of aromatic nitrogens is 5. The van der Waals surface area contributed by atoms with Crippen LogP contribution >= 0.6 is 23.6 Å². The summed E-state index contributed by atoms with van der Waals surface area (Å²) in [5, 5.41) is 18.6. The summed E-state index contributed by atoms with van der Waals surface area (Å²) in [5.74, 6) is 0.658. The Hall–Kier alpha value is -2.84. The lowest BCUT2D eigenvalue weighted by Gasteiger charge is -2.06. The molecule has 0 atom stereocenters. The molecule has 0 saturated carbocycles. The molecule has 0 radical (unpaired) electrons. The average molecular weight is 367 g/mol. The maximum absolute atomic E-state index is 11.5. The number of nitrogens with one attached hydrogen (secondary N) is 2. The molecule has 0 amide bonds. The van der Waals surface area contributed by atoms with Crippen molar-refractivity contribution in [3.63, 3.8) is 0 Å². The summed E-state index contributed by atoms with van der Waals surface area (Å²) in [7, 11) is 0. The predicted octanol–water partition coefficient (Wildman–Crippen LogP) is 4.25. The van der Waals surface area contributed by atoms with Crippen LogP contribution in [0.5, 0.6) is 0 Å². The number of H-pyrrole nitrogens is 2. The fourth-order valence-electron chi connectivity index (χ4n) is 2.56. The Morgan fingerprint density at radius 2 is 1.96 bits per heavy atom. The molecule has 0 aliphatic rings. The van der Waals surface area contributed by atoms with Gasteiger partial charge in [-0.05, 0) is 60.9 Å². The topological polar surface area (TPSA) is 79.4 Å². The predicted molar refractivity (Wildman–Crippen MR) is 99.6 cm³/mol. The smallest absolute Gasteiger partial charge is 0.200 e. The Labute approximate surface area is 152 Å². The normalized spacial score (nSPS) is 10.9. The summed E-state index contributed by atoms with van der Waals surface area (Å²) in [5.41, 5.74) is 4.14. The van der Waals surface area contributed by atoms with Gasteiger partial charge in [0.25, 0.3) is 0 Å². The third-order valence-corrected chi connectivity index (χ3v) is 4.80. The lowest BCUT2D eigenvalue weighted by atomic mass is 10.1. The number of benzene rings is 1. The van der Waals surface area contributed by atoms with Gasteiger partial charge in [0.2, 0.25) is 0 Å². The quantitative estimate of drug-likeness (QED) is 0.417. The number of thiophene rings is 1. The fraction of sp³-hybridized carbons (Fsp3) is 0.0588. The van der Waals surface area contributed by atoms with Gasteiger partial charge in [0, 0.05) is 16.5 Å². The first-order valence-electron chi connectivity index (χ1n) is 7.50. The minimum absolute atomic E-state index is 0.0246. The van der Waals surface area contributed by atoms with E-state index in [0.29, 0.717) is 16.2 Å². The molecule has 0 bridgehead atoms. The highest BCUT2D eigenvalue weighted by Crippen LogP contribution is 2.26. The molecular weight excluding hydrogens is 354 g/mol. The number of carbonyl (C=O) groups is 1. The summed E-state index contributed by atoms with van der Waals surface area (Å²) >= 11 is 6.99. The van der Waals surface area contributed by atoms with E-state index in [4.69, 9.17) is 12.2 Å². The molecule has 0 aliphatic carbocycles. The van der Waals surface area contributed by atoms with Crippen LogP contribution in [0.4, 0.5) is 0 Å². The minimum atomic E-state index is 0.0246. The molecule has 4 aromatic rings. The van der Waals surface area contributed by atoms with Gasteiger partial charge in [0.15, 0.2) is 16.4 Å². The number of carbonyl (C=O) groups excluding carboxylic acids is 1. The van der Waals surface area contributed by atoms with E-state index in [1.807, 2.05) is 39.6 Å². The van der Waals surface area contributed by atoms with Crippen molar-refractivity contribution >= 4 is 29.3 Å². The summed E-state index contributed by atoms with van der Waals surface area (Å²) in [6.07, 6.45) is 0. The standard InChI is InChI=1S/C17H13N5OS2/c1-10(23)11-2-4-13(5-3-11)22-16(20-21-17(22)24)15-8-14(18-19-15)12-6-7-25-9-12/h2-9H,1H3,(H,18,19)(H,21,24). The van der Waals surface area contributed by atoms with Crippen LogP contribution in [0, 0.1) is 4.77 Å². The van der Waals surface area contributed by atoms with E-state index in [2.05, 4.69) is 20.4 Å². The lowest BCUT2D eigenvalue weighted by Crippen LogP contribution is -1.99. The largest absolute Gasteiger partial charge is 0.295 e. The number of Topliss-reactive ketones (excluding diaryl/α,β-unsaturated/α-hetero) is 1. The van der Waals surface area contributed by atoms with E-state index >= 15 is 0 Å². The fourth-order valence-corrected chi connectivity index (χ4v) is 3.44. The highest BCUT2D eigenvalue weighted by atomic mass is 32.1. The van der Waals surface area contributed by atoms with E-state index in [1.54, 1.807) is 30.4 Å². The Balaban J connectivity index is 1.78. The number of hydrogen-bond acceptors (Lipinski definition) is 5. The molecule has 8 heteroatoms. The van der Waals surface area contributed by atoms with Crippen molar-refractivity contribution in [2.45, 2.75) is 6.92 Å². The van der Waals surface area contributed by atoms with E-state index in [-0.39, 0.29) is 5.78 Å². The van der Waals surface area contributed by atoms with Crippen LogP contribution < -0.4 is 0 Å². The second-order valence-electron chi connectivity index (χ2n) is 5.47. The molecule has 0 unspecified atom stereocenters. The van der Waals surface area contributed by atoms with Crippen LogP contribution in [0.25, 0.3) is 28.5 Å². The van der Waals surface area contributed by atoms with Crippen molar-refractivity contribution in [1.29, 1.82) is 0 Å². The van der Waals surface area contributed by atoms with Gasteiger partial charge in [-0.25, -0.2) is 0 Å². The van der Waals surface area contributed by atoms with Gasteiger partial charge in [-0.3, -0.25) is 19.6 Å². The van der Waals surface area contributed by atoms with Crippen molar-refractivity contribution in [2.24, 2.45) is 0 Å². The lowest BCUT2D eigenvalue weighted by molar-refractivity contribution is 0.101. The molecule has 0 aliphatic heterocycles. The first kappa shape index (κ1) is 15.7. The molecule has 2 N–H and O–H groups in total. The van der Waals surface area contributed by atoms with Gasteiger partial charge >= 0.3 is 0 Å². The molecule has 3 heterocycles. The SMILES string of the molecule is CC(=O)c1ccc(-n2c(-c3cc(-c4ccsc4)n[nH]3)n[nH]c2=S)cc1. The number of aromatic amines is 2. The van der Waals surface area contributed by atoms with Crippen LogP contribution in [0.2, 0.25) is 0 Å². The molecule has 0 saturated heterocycles. The third-order valence-electron chi connectivity index (χ3n) is 3.84. The Morgan fingerprint density at radius 3 is 2.64 bits per heavy atom. The second kappa shape index (κ2) is 6.23. The molecule has 6 nitrogen and oxygen atoms in total. The Bertz CT molecular complexity index is 1090. The zero-order chi connectivity index (χ0) is 17.4. The average Bonchev–Trinajstić information content (AvgIpc) is 3.35. The van der Waals surface area contributed by atoms with E-state index in [0.717, 1.165) is 22.6 Å². The number of hydrogen-bond donors (Lipinski definition) is 2. The molecule has 124 valence electrons. The molecule has 0 spiro atoms. The second-order valence-corrected chi connectivity index (χ2v) is 6.64. The highest BCUT2D eigenvalue weighted by molar-refractivity contribution is 7.71. The van der Waals surface area contributed by atoms with Gasteiger partial charge in [-0.2, -0.15) is 21.5 Å². The van der Waals surface area contributed by atoms with Gasteiger partial charge in [-0.1, -0.05) is 0 Å². The van der Waals surface area contributed by atoms with E-state index in [1.165, 1.54) is 0 Å². The summed E-state index contributed by atoms with van der Waals surface area (Å²) < 4.78 is 2.28. The molecule has 3 aromatic heterocycles. The van der Waals surface area contributed by atoms with Crippen LogP contribution in [0.15, 0.2) is 47.2 Å². The molecule has 4 rings (SSSR count). The molecule has 0 fully saturated rings. The Morgan fingerprint density at radius 1 is 1.16 bits per heavy atom.